The summed E-state index contributed by atoms with van der Waals surface area (Å²) in [6.45, 7) is 3.93. The first-order valence-corrected chi connectivity index (χ1v) is 9.82. The van der Waals surface area contributed by atoms with E-state index in [1.807, 2.05) is 6.92 Å². The van der Waals surface area contributed by atoms with Crippen molar-refractivity contribution in [2.45, 2.75) is 19.4 Å². The molecule has 4 rings (SSSR count). The van der Waals surface area contributed by atoms with Crippen LogP contribution in [0.2, 0.25) is 0 Å². The molecule has 2 aliphatic heterocycles. The third-order valence-electron chi connectivity index (χ3n) is 4.58. The van der Waals surface area contributed by atoms with Crippen molar-refractivity contribution < 1.29 is 19.0 Å². The topological polar surface area (TPSA) is 107 Å². The minimum absolute atomic E-state index is 0.0648. The zero-order valence-electron chi connectivity index (χ0n) is 16.6. The summed E-state index contributed by atoms with van der Waals surface area (Å²) >= 11 is 0. The summed E-state index contributed by atoms with van der Waals surface area (Å²) in [4.78, 5) is 25.3. The highest BCUT2D eigenvalue weighted by atomic mass is 16.5. The van der Waals surface area contributed by atoms with Gasteiger partial charge in [-0.3, -0.25) is 14.8 Å². The lowest BCUT2D eigenvalue weighted by atomic mass is 10.2. The number of hydrogen-bond acceptors (Lipinski definition) is 8. The number of aliphatic imine (C=N–C) groups is 1. The number of ether oxygens (including phenoxy) is 3. The maximum Gasteiger partial charge on any atom is 0.262 e. The number of nitrogens with zero attached hydrogens (tertiary/aromatic N) is 3. The Hall–Kier alpha value is -3.46. The minimum atomic E-state index is -0.130. The number of amidine groups is 1. The molecule has 9 heteroatoms. The van der Waals surface area contributed by atoms with Gasteiger partial charge < -0.3 is 24.8 Å². The molecular formula is C21H23N5O4. The summed E-state index contributed by atoms with van der Waals surface area (Å²) in [5.41, 5.74) is 1.31. The van der Waals surface area contributed by atoms with E-state index in [9.17, 15) is 4.79 Å². The second kappa shape index (κ2) is 9.36. The average Bonchev–Trinajstić information content (AvgIpc) is 3.29. The Labute approximate surface area is 174 Å². The van der Waals surface area contributed by atoms with Crippen LogP contribution >= 0.6 is 0 Å². The van der Waals surface area contributed by atoms with Crippen molar-refractivity contribution in [3.05, 3.63) is 54.1 Å². The van der Waals surface area contributed by atoms with Crippen LogP contribution in [0.15, 0.2) is 53.6 Å². The second-order valence-electron chi connectivity index (χ2n) is 6.76. The number of carbonyl (C=O) groups excluding carboxylic acids is 1. The van der Waals surface area contributed by atoms with Gasteiger partial charge in [-0.1, -0.05) is 0 Å². The summed E-state index contributed by atoms with van der Waals surface area (Å²) < 4.78 is 16.7. The molecule has 9 nitrogen and oxygen atoms in total. The Morgan fingerprint density at radius 3 is 3.10 bits per heavy atom. The molecule has 30 heavy (non-hydrogen) atoms. The van der Waals surface area contributed by atoms with Gasteiger partial charge in [-0.15, -0.1) is 0 Å². The van der Waals surface area contributed by atoms with Gasteiger partial charge in [-0.2, -0.15) is 0 Å². The van der Waals surface area contributed by atoms with E-state index >= 15 is 0 Å². The lowest BCUT2D eigenvalue weighted by molar-refractivity contribution is -0.118. The summed E-state index contributed by atoms with van der Waals surface area (Å²) in [5.74, 6) is 1.91. The number of carbonyl (C=O) groups is 1. The molecule has 0 aliphatic carbocycles. The van der Waals surface area contributed by atoms with Crippen LogP contribution in [-0.4, -0.2) is 54.1 Å². The molecule has 0 aromatic carbocycles. The fourth-order valence-electron chi connectivity index (χ4n) is 3.08. The van der Waals surface area contributed by atoms with Gasteiger partial charge >= 0.3 is 0 Å². The molecule has 0 bridgehead atoms. The van der Waals surface area contributed by atoms with Gasteiger partial charge in [0.1, 0.15) is 11.6 Å². The second-order valence-corrected chi connectivity index (χ2v) is 6.76. The number of hydrogen-bond donors (Lipinski definition) is 2. The van der Waals surface area contributed by atoms with Gasteiger partial charge in [0.25, 0.3) is 11.8 Å². The molecule has 4 heterocycles. The molecule has 2 N–H and O–H groups in total. The van der Waals surface area contributed by atoms with Gasteiger partial charge in [-0.25, -0.2) is 4.98 Å². The van der Waals surface area contributed by atoms with E-state index in [1.165, 1.54) is 0 Å². The van der Waals surface area contributed by atoms with Crippen molar-refractivity contribution in [3.63, 3.8) is 0 Å². The Morgan fingerprint density at radius 2 is 2.33 bits per heavy atom. The predicted octanol–water partition coefficient (Wildman–Crippen LogP) is 1.81. The van der Waals surface area contributed by atoms with Gasteiger partial charge in [0.05, 0.1) is 37.6 Å². The Bertz CT molecular complexity index is 969. The average molecular weight is 409 g/mol. The van der Waals surface area contributed by atoms with Crippen molar-refractivity contribution in [1.82, 2.24) is 20.6 Å². The largest absolute Gasteiger partial charge is 0.488 e. The monoisotopic (exact) mass is 409 g/mol. The summed E-state index contributed by atoms with van der Waals surface area (Å²) in [5, 5.41) is 6.04. The van der Waals surface area contributed by atoms with Gasteiger partial charge in [0, 0.05) is 30.8 Å². The van der Waals surface area contributed by atoms with E-state index in [0.29, 0.717) is 48.6 Å². The molecule has 1 atom stereocenters. The number of amides is 1. The van der Waals surface area contributed by atoms with E-state index < -0.39 is 0 Å². The van der Waals surface area contributed by atoms with Crippen molar-refractivity contribution in [1.29, 1.82) is 0 Å². The van der Waals surface area contributed by atoms with Crippen LogP contribution in [0.25, 0.3) is 0 Å². The number of aromatic nitrogens is 2. The number of pyridine rings is 2. The molecule has 0 saturated carbocycles. The highest BCUT2D eigenvalue weighted by Gasteiger charge is 2.21. The highest BCUT2D eigenvalue weighted by molar-refractivity contribution is 6.03. The Morgan fingerprint density at radius 1 is 1.40 bits per heavy atom. The first-order chi connectivity index (χ1) is 14.7. The number of rotatable bonds is 7. The molecule has 0 spiro atoms. The van der Waals surface area contributed by atoms with Crippen LogP contribution in [0.4, 0.5) is 0 Å². The van der Waals surface area contributed by atoms with Crippen molar-refractivity contribution in [2.75, 3.05) is 26.4 Å². The molecular weight excluding hydrogens is 386 g/mol. The summed E-state index contributed by atoms with van der Waals surface area (Å²) in [6, 6.07) is 5.45. The van der Waals surface area contributed by atoms with Crippen LogP contribution in [-0.2, 0) is 9.53 Å². The van der Waals surface area contributed by atoms with E-state index in [1.54, 1.807) is 43.0 Å². The summed E-state index contributed by atoms with van der Waals surface area (Å²) in [7, 11) is 0. The fraction of sp³-hybridized carbons (Fsp3) is 0.333. The quantitative estimate of drug-likeness (QED) is 0.718. The van der Waals surface area contributed by atoms with Gasteiger partial charge in [0.2, 0.25) is 0 Å². The van der Waals surface area contributed by atoms with E-state index in [-0.39, 0.29) is 18.5 Å². The first-order valence-electron chi connectivity index (χ1n) is 9.82. The molecule has 2 aromatic heterocycles. The third-order valence-corrected chi connectivity index (χ3v) is 4.58. The molecule has 1 fully saturated rings. The minimum Gasteiger partial charge on any atom is -0.488 e. The highest BCUT2D eigenvalue weighted by Crippen LogP contribution is 2.28. The van der Waals surface area contributed by atoms with Crippen molar-refractivity contribution >= 4 is 11.7 Å². The van der Waals surface area contributed by atoms with Crippen LogP contribution in [0.3, 0.4) is 0 Å². The number of nitrogens with one attached hydrogen (secondary N) is 2. The first kappa shape index (κ1) is 19.8. The SMILES string of the molecule is CCOc1cccnc1Oc1cncc(C2=NCC(C(=O)N[C@H]3CCOC3)=CN2)c1. The Balaban J connectivity index is 1.41. The molecule has 1 amide bonds. The van der Waals surface area contributed by atoms with E-state index in [2.05, 4.69) is 25.6 Å². The van der Waals surface area contributed by atoms with Crippen molar-refractivity contribution in [2.24, 2.45) is 4.99 Å². The zero-order valence-corrected chi connectivity index (χ0v) is 16.6. The molecule has 0 unspecified atom stereocenters. The standard InChI is InChI=1S/C21H23N5O4/c1-2-29-18-4-3-6-23-21(18)30-17-8-14(9-22-12-17)19-24-10-15(11-25-19)20(27)26-16-5-7-28-13-16/h3-4,6,8-10,12,16H,2,5,7,11,13H2,1H3,(H,24,25)(H,26,27)/t16-/m0/s1. The van der Waals surface area contributed by atoms with E-state index in [0.717, 1.165) is 12.0 Å². The smallest absolute Gasteiger partial charge is 0.262 e. The molecule has 0 radical (unpaired) electrons. The lowest BCUT2D eigenvalue weighted by Crippen LogP contribution is -2.38. The zero-order chi connectivity index (χ0) is 20.8. The normalized spacial score (nSPS) is 18.1. The predicted molar refractivity (Wildman–Crippen MR) is 110 cm³/mol. The van der Waals surface area contributed by atoms with Gasteiger partial charge in [0.15, 0.2) is 5.75 Å². The molecule has 156 valence electrons. The van der Waals surface area contributed by atoms with Crippen LogP contribution in [0.1, 0.15) is 18.9 Å². The van der Waals surface area contributed by atoms with Gasteiger partial charge in [-0.05, 0) is 31.5 Å². The van der Waals surface area contributed by atoms with Crippen LogP contribution in [0, 0.1) is 0 Å². The summed E-state index contributed by atoms with van der Waals surface area (Å²) in [6.07, 6.45) is 7.41. The van der Waals surface area contributed by atoms with Crippen LogP contribution in [0.5, 0.6) is 17.4 Å². The maximum atomic E-state index is 12.3. The van der Waals surface area contributed by atoms with Crippen molar-refractivity contribution in [3.8, 4) is 17.4 Å². The van der Waals surface area contributed by atoms with E-state index in [4.69, 9.17) is 14.2 Å². The van der Waals surface area contributed by atoms with Crippen LogP contribution < -0.4 is 20.1 Å². The fourth-order valence-corrected chi connectivity index (χ4v) is 3.08. The maximum absolute atomic E-state index is 12.3. The molecule has 2 aromatic rings. The lowest BCUT2D eigenvalue weighted by Gasteiger charge is -2.17. The third kappa shape index (κ3) is 4.74. The Kier molecular flexibility index (Phi) is 6.19. The molecule has 2 aliphatic rings. The molecule has 1 saturated heterocycles.